The Hall–Kier alpha value is -1.90. The van der Waals surface area contributed by atoms with Gasteiger partial charge >= 0.3 is 0 Å². The lowest BCUT2D eigenvalue weighted by Crippen LogP contribution is -2.46. The SMILES string of the molecule is O=C(NCCN1CCNCC1)c1csc(-c2cnccn2)n1. The van der Waals surface area contributed by atoms with Gasteiger partial charge in [-0.15, -0.1) is 11.3 Å². The minimum absolute atomic E-state index is 0.137. The lowest BCUT2D eigenvalue weighted by atomic mass is 10.3. The van der Waals surface area contributed by atoms with E-state index in [4.69, 9.17) is 0 Å². The number of rotatable bonds is 5. The van der Waals surface area contributed by atoms with Crippen LogP contribution in [0.15, 0.2) is 24.0 Å². The maximum Gasteiger partial charge on any atom is 0.270 e. The highest BCUT2D eigenvalue weighted by Crippen LogP contribution is 2.20. The first-order valence-electron chi connectivity index (χ1n) is 7.26. The van der Waals surface area contributed by atoms with Crippen LogP contribution in [0.1, 0.15) is 10.5 Å². The number of thiazole rings is 1. The van der Waals surface area contributed by atoms with Gasteiger partial charge in [-0.25, -0.2) is 4.98 Å². The third kappa shape index (κ3) is 3.85. The topological polar surface area (TPSA) is 83.0 Å². The van der Waals surface area contributed by atoms with E-state index in [9.17, 15) is 4.79 Å². The van der Waals surface area contributed by atoms with E-state index in [2.05, 4.69) is 30.5 Å². The molecule has 1 fully saturated rings. The highest BCUT2D eigenvalue weighted by molar-refractivity contribution is 7.13. The molecule has 0 radical (unpaired) electrons. The molecule has 3 heterocycles. The van der Waals surface area contributed by atoms with Crippen molar-refractivity contribution in [2.45, 2.75) is 0 Å². The minimum Gasteiger partial charge on any atom is -0.349 e. The number of nitrogens with one attached hydrogen (secondary N) is 2. The zero-order chi connectivity index (χ0) is 15.2. The summed E-state index contributed by atoms with van der Waals surface area (Å²) in [5.74, 6) is -0.137. The summed E-state index contributed by atoms with van der Waals surface area (Å²) in [7, 11) is 0. The smallest absolute Gasteiger partial charge is 0.270 e. The standard InChI is InChI=1S/C14H18N6OS/c21-13(18-5-8-20-6-3-15-4-7-20)12-10-22-14(19-12)11-9-16-1-2-17-11/h1-2,9-10,15H,3-8H2,(H,18,21). The molecule has 8 heteroatoms. The number of aromatic nitrogens is 3. The summed E-state index contributed by atoms with van der Waals surface area (Å²) in [6.45, 7) is 5.60. The summed E-state index contributed by atoms with van der Waals surface area (Å²) in [5, 5.41) is 8.69. The van der Waals surface area contributed by atoms with Crippen molar-refractivity contribution in [1.29, 1.82) is 0 Å². The molecule has 1 aliphatic rings. The Morgan fingerprint density at radius 3 is 3.00 bits per heavy atom. The fourth-order valence-corrected chi connectivity index (χ4v) is 3.02. The van der Waals surface area contributed by atoms with Gasteiger partial charge in [-0.1, -0.05) is 0 Å². The normalized spacial score (nSPS) is 15.6. The molecule has 1 aliphatic heterocycles. The molecule has 0 bridgehead atoms. The quantitative estimate of drug-likeness (QED) is 0.821. The molecule has 0 aromatic carbocycles. The van der Waals surface area contributed by atoms with Crippen LogP contribution in [0, 0.1) is 0 Å². The molecule has 0 saturated carbocycles. The maximum atomic E-state index is 12.1. The Morgan fingerprint density at radius 2 is 2.23 bits per heavy atom. The van der Waals surface area contributed by atoms with Gasteiger partial charge in [-0.05, 0) is 0 Å². The van der Waals surface area contributed by atoms with Gasteiger partial charge in [0.1, 0.15) is 16.4 Å². The molecule has 2 aromatic heterocycles. The van der Waals surface area contributed by atoms with E-state index in [1.54, 1.807) is 24.0 Å². The second-order valence-electron chi connectivity index (χ2n) is 4.98. The predicted molar refractivity (Wildman–Crippen MR) is 84.8 cm³/mol. The Labute approximate surface area is 132 Å². The van der Waals surface area contributed by atoms with Crippen LogP contribution < -0.4 is 10.6 Å². The van der Waals surface area contributed by atoms with Gasteiger partial charge < -0.3 is 10.6 Å². The van der Waals surface area contributed by atoms with Crippen LogP contribution in [0.5, 0.6) is 0 Å². The third-order valence-electron chi connectivity index (χ3n) is 3.44. The van der Waals surface area contributed by atoms with E-state index in [0.29, 0.717) is 22.9 Å². The van der Waals surface area contributed by atoms with E-state index in [0.717, 1.165) is 32.7 Å². The summed E-state index contributed by atoms with van der Waals surface area (Å²) in [6.07, 6.45) is 4.87. The molecule has 0 aliphatic carbocycles. The van der Waals surface area contributed by atoms with Gasteiger partial charge in [0.2, 0.25) is 0 Å². The molecule has 116 valence electrons. The molecule has 2 N–H and O–H groups in total. The number of hydrogen-bond acceptors (Lipinski definition) is 7. The van der Waals surface area contributed by atoms with Gasteiger partial charge in [-0.2, -0.15) is 0 Å². The predicted octanol–water partition coefficient (Wildman–Crippen LogP) is 0.235. The summed E-state index contributed by atoms with van der Waals surface area (Å²) in [5.41, 5.74) is 1.12. The second kappa shape index (κ2) is 7.39. The lowest BCUT2D eigenvalue weighted by Gasteiger charge is -2.26. The second-order valence-corrected chi connectivity index (χ2v) is 5.83. The molecule has 7 nitrogen and oxygen atoms in total. The molecule has 22 heavy (non-hydrogen) atoms. The van der Waals surface area contributed by atoms with E-state index in [1.807, 2.05) is 0 Å². The van der Waals surface area contributed by atoms with Crippen molar-refractivity contribution in [1.82, 2.24) is 30.5 Å². The zero-order valence-electron chi connectivity index (χ0n) is 12.2. The minimum atomic E-state index is -0.137. The first-order valence-corrected chi connectivity index (χ1v) is 8.14. The fourth-order valence-electron chi connectivity index (χ4n) is 2.26. The van der Waals surface area contributed by atoms with Crippen LogP contribution in [0.25, 0.3) is 10.7 Å². The summed E-state index contributed by atoms with van der Waals surface area (Å²) in [6, 6.07) is 0. The molecule has 1 saturated heterocycles. The lowest BCUT2D eigenvalue weighted by molar-refractivity contribution is 0.0943. The third-order valence-corrected chi connectivity index (χ3v) is 4.31. The molecule has 0 spiro atoms. The number of hydrogen-bond donors (Lipinski definition) is 2. The van der Waals surface area contributed by atoms with E-state index < -0.39 is 0 Å². The Morgan fingerprint density at radius 1 is 1.36 bits per heavy atom. The number of carbonyl (C=O) groups excluding carboxylic acids is 1. The summed E-state index contributed by atoms with van der Waals surface area (Å²) in [4.78, 5) is 27.0. The first-order chi connectivity index (χ1) is 10.8. The Balaban J connectivity index is 1.51. The van der Waals surface area contributed by atoms with Crippen LogP contribution in [0.2, 0.25) is 0 Å². The highest BCUT2D eigenvalue weighted by Gasteiger charge is 2.13. The molecular weight excluding hydrogens is 300 g/mol. The summed E-state index contributed by atoms with van der Waals surface area (Å²) < 4.78 is 0. The van der Waals surface area contributed by atoms with Crippen LogP contribution in [0.4, 0.5) is 0 Å². The molecule has 1 amide bonds. The monoisotopic (exact) mass is 318 g/mol. The zero-order valence-corrected chi connectivity index (χ0v) is 13.0. The van der Waals surface area contributed by atoms with Crippen LogP contribution in [-0.2, 0) is 0 Å². The molecule has 3 rings (SSSR count). The number of amides is 1. The van der Waals surface area contributed by atoms with E-state index in [-0.39, 0.29) is 5.91 Å². The van der Waals surface area contributed by atoms with Gasteiger partial charge in [0.05, 0.1) is 6.20 Å². The fraction of sp³-hybridized carbons (Fsp3) is 0.429. The summed E-state index contributed by atoms with van der Waals surface area (Å²) >= 11 is 1.40. The van der Waals surface area contributed by atoms with Crippen molar-refractivity contribution in [2.75, 3.05) is 39.3 Å². The molecule has 0 unspecified atom stereocenters. The van der Waals surface area contributed by atoms with Gasteiger partial charge in [0.25, 0.3) is 5.91 Å². The number of carbonyl (C=O) groups is 1. The van der Waals surface area contributed by atoms with Crippen LogP contribution >= 0.6 is 11.3 Å². The Bertz CT molecular complexity index is 611. The van der Waals surface area contributed by atoms with Crippen molar-refractivity contribution in [3.05, 3.63) is 29.7 Å². The van der Waals surface area contributed by atoms with Crippen molar-refractivity contribution in [3.8, 4) is 10.7 Å². The van der Waals surface area contributed by atoms with Crippen LogP contribution in [-0.4, -0.2) is 65.0 Å². The first kappa shape index (κ1) is 15.0. The van der Waals surface area contributed by atoms with E-state index >= 15 is 0 Å². The van der Waals surface area contributed by atoms with Gasteiger partial charge in [-0.3, -0.25) is 19.7 Å². The maximum absolute atomic E-state index is 12.1. The van der Waals surface area contributed by atoms with Crippen molar-refractivity contribution in [2.24, 2.45) is 0 Å². The van der Waals surface area contributed by atoms with Gasteiger partial charge in [0.15, 0.2) is 0 Å². The van der Waals surface area contributed by atoms with Crippen molar-refractivity contribution < 1.29 is 4.79 Å². The highest BCUT2D eigenvalue weighted by atomic mass is 32.1. The van der Waals surface area contributed by atoms with Crippen LogP contribution in [0.3, 0.4) is 0 Å². The van der Waals surface area contributed by atoms with Crippen molar-refractivity contribution >= 4 is 17.2 Å². The largest absolute Gasteiger partial charge is 0.349 e. The number of nitrogens with zero attached hydrogens (tertiary/aromatic N) is 4. The molecule has 0 atom stereocenters. The van der Waals surface area contributed by atoms with Gasteiger partial charge in [0, 0.05) is 57.0 Å². The average Bonchev–Trinajstić information content (AvgIpc) is 3.07. The average molecular weight is 318 g/mol. The molecule has 2 aromatic rings. The van der Waals surface area contributed by atoms with E-state index in [1.165, 1.54) is 11.3 Å². The van der Waals surface area contributed by atoms with Crippen molar-refractivity contribution in [3.63, 3.8) is 0 Å². The number of piperazine rings is 1. The molecular formula is C14H18N6OS. The Kier molecular flexibility index (Phi) is 5.04.